The number of carbonyl (C=O) groups is 1. The Bertz CT molecular complexity index is 622. The second kappa shape index (κ2) is 6.96. The molecule has 1 aromatic rings. The molecule has 3 fully saturated rings. The summed E-state index contributed by atoms with van der Waals surface area (Å²) >= 11 is 0. The van der Waals surface area contributed by atoms with E-state index in [2.05, 4.69) is 0 Å². The van der Waals surface area contributed by atoms with Crippen LogP contribution < -0.4 is 4.74 Å². The van der Waals surface area contributed by atoms with Gasteiger partial charge in [-0.25, -0.2) is 0 Å². The Morgan fingerprint density at radius 1 is 1.28 bits per heavy atom. The molecule has 0 N–H and O–H groups in total. The fourth-order valence-electron chi connectivity index (χ4n) is 3.84. The Hall–Kier alpha value is -1.59. The summed E-state index contributed by atoms with van der Waals surface area (Å²) < 4.78 is 17.4. The Morgan fingerprint density at radius 3 is 2.88 bits per heavy atom. The van der Waals surface area contributed by atoms with Crippen molar-refractivity contribution in [3.8, 4) is 5.75 Å². The molecule has 1 spiro atoms. The highest BCUT2D eigenvalue weighted by Crippen LogP contribution is 2.41. The minimum atomic E-state index is -0.184. The van der Waals surface area contributed by atoms with Gasteiger partial charge in [-0.2, -0.15) is 0 Å². The second-order valence-corrected chi connectivity index (χ2v) is 7.50. The monoisotopic (exact) mass is 345 g/mol. The summed E-state index contributed by atoms with van der Waals surface area (Å²) in [6.07, 6.45) is 3.66. The molecule has 25 heavy (non-hydrogen) atoms. The molecule has 1 aliphatic carbocycles. The Labute approximate surface area is 149 Å². The molecule has 1 unspecified atom stereocenters. The smallest absolute Gasteiger partial charge is 0.254 e. The number of rotatable bonds is 7. The highest BCUT2D eigenvalue weighted by Gasteiger charge is 2.54. The van der Waals surface area contributed by atoms with E-state index < -0.39 is 0 Å². The van der Waals surface area contributed by atoms with E-state index in [0.29, 0.717) is 31.2 Å². The first-order chi connectivity index (χ1) is 12.2. The summed E-state index contributed by atoms with van der Waals surface area (Å²) in [5, 5.41) is 0. The van der Waals surface area contributed by atoms with Crippen LogP contribution in [0.5, 0.6) is 5.75 Å². The zero-order valence-electron chi connectivity index (χ0n) is 14.9. The molecule has 2 aliphatic heterocycles. The Kier molecular flexibility index (Phi) is 4.69. The molecular weight excluding hydrogens is 318 g/mol. The van der Waals surface area contributed by atoms with Crippen molar-refractivity contribution in [1.29, 1.82) is 0 Å². The lowest BCUT2D eigenvalue weighted by Crippen LogP contribution is -2.66. The van der Waals surface area contributed by atoms with E-state index in [1.165, 1.54) is 12.8 Å². The second-order valence-electron chi connectivity index (χ2n) is 7.50. The van der Waals surface area contributed by atoms with E-state index in [-0.39, 0.29) is 11.5 Å². The van der Waals surface area contributed by atoms with Gasteiger partial charge in [0.1, 0.15) is 11.4 Å². The van der Waals surface area contributed by atoms with Gasteiger partial charge < -0.3 is 19.1 Å². The SMILES string of the molecule is CCOc1cccc(C(=O)N2CC3(C2)OCCC3COCC2CC2)c1. The molecule has 2 saturated heterocycles. The van der Waals surface area contributed by atoms with Crippen LogP contribution in [0.25, 0.3) is 0 Å². The molecule has 4 rings (SSSR count). The topological polar surface area (TPSA) is 48.0 Å². The van der Waals surface area contributed by atoms with Crippen LogP contribution in [0.3, 0.4) is 0 Å². The lowest BCUT2D eigenvalue weighted by Gasteiger charge is -2.50. The molecule has 136 valence electrons. The van der Waals surface area contributed by atoms with Gasteiger partial charge in [-0.05, 0) is 50.3 Å². The van der Waals surface area contributed by atoms with Gasteiger partial charge in [0.05, 0.1) is 26.3 Å². The van der Waals surface area contributed by atoms with Crippen molar-refractivity contribution in [3.63, 3.8) is 0 Å². The summed E-state index contributed by atoms with van der Waals surface area (Å²) in [6, 6.07) is 7.42. The number of hydrogen-bond donors (Lipinski definition) is 0. The fourth-order valence-corrected chi connectivity index (χ4v) is 3.84. The number of carbonyl (C=O) groups excluding carboxylic acids is 1. The molecule has 2 heterocycles. The summed E-state index contributed by atoms with van der Waals surface area (Å²) in [7, 11) is 0. The van der Waals surface area contributed by atoms with Crippen molar-refractivity contribution in [1.82, 2.24) is 4.90 Å². The third kappa shape index (κ3) is 3.53. The first kappa shape index (κ1) is 16.9. The first-order valence-electron chi connectivity index (χ1n) is 9.44. The van der Waals surface area contributed by atoms with Crippen LogP contribution in [-0.2, 0) is 9.47 Å². The average molecular weight is 345 g/mol. The van der Waals surface area contributed by atoms with Crippen LogP contribution >= 0.6 is 0 Å². The Balaban J connectivity index is 1.33. The van der Waals surface area contributed by atoms with Crippen molar-refractivity contribution in [2.45, 2.75) is 31.8 Å². The van der Waals surface area contributed by atoms with Crippen molar-refractivity contribution >= 4 is 5.91 Å². The predicted molar refractivity (Wildman–Crippen MR) is 93.8 cm³/mol. The maximum absolute atomic E-state index is 12.7. The maximum atomic E-state index is 12.7. The summed E-state index contributed by atoms with van der Waals surface area (Å²) in [4.78, 5) is 14.6. The average Bonchev–Trinajstić information content (AvgIpc) is 3.31. The van der Waals surface area contributed by atoms with E-state index in [9.17, 15) is 4.79 Å². The van der Waals surface area contributed by atoms with Crippen LogP contribution in [0.1, 0.15) is 36.5 Å². The van der Waals surface area contributed by atoms with Gasteiger partial charge in [0.2, 0.25) is 0 Å². The fraction of sp³-hybridized carbons (Fsp3) is 0.650. The van der Waals surface area contributed by atoms with Gasteiger partial charge >= 0.3 is 0 Å². The molecule has 0 bridgehead atoms. The third-order valence-corrected chi connectivity index (χ3v) is 5.57. The van der Waals surface area contributed by atoms with Crippen molar-refractivity contribution < 1.29 is 19.0 Å². The van der Waals surface area contributed by atoms with E-state index in [1.807, 2.05) is 36.1 Å². The van der Waals surface area contributed by atoms with Crippen molar-refractivity contribution in [2.75, 3.05) is 39.5 Å². The minimum Gasteiger partial charge on any atom is -0.494 e. The van der Waals surface area contributed by atoms with Crippen LogP contribution in [0.15, 0.2) is 24.3 Å². The number of benzene rings is 1. The van der Waals surface area contributed by atoms with Gasteiger partial charge in [0.25, 0.3) is 5.91 Å². The summed E-state index contributed by atoms with van der Waals surface area (Å²) in [5.41, 5.74) is 0.497. The molecule has 1 aromatic carbocycles. The maximum Gasteiger partial charge on any atom is 0.254 e. The van der Waals surface area contributed by atoms with Gasteiger partial charge in [-0.3, -0.25) is 4.79 Å². The zero-order valence-corrected chi connectivity index (χ0v) is 14.9. The van der Waals surface area contributed by atoms with E-state index >= 15 is 0 Å². The zero-order chi connectivity index (χ0) is 17.3. The molecule has 0 radical (unpaired) electrons. The Morgan fingerprint density at radius 2 is 2.12 bits per heavy atom. The number of ether oxygens (including phenoxy) is 3. The van der Waals surface area contributed by atoms with E-state index in [1.54, 1.807) is 0 Å². The molecule has 5 heteroatoms. The molecule has 0 aromatic heterocycles. The lowest BCUT2D eigenvalue weighted by molar-refractivity contribution is -0.128. The lowest BCUT2D eigenvalue weighted by atomic mass is 9.81. The minimum absolute atomic E-state index is 0.0559. The highest BCUT2D eigenvalue weighted by molar-refractivity contribution is 5.95. The molecular formula is C20H27NO4. The van der Waals surface area contributed by atoms with Crippen LogP contribution in [0.4, 0.5) is 0 Å². The predicted octanol–water partition coefficient (Wildman–Crippen LogP) is 2.74. The number of hydrogen-bond acceptors (Lipinski definition) is 4. The van der Waals surface area contributed by atoms with Crippen molar-refractivity contribution in [3.05, 3.63) is 29.8 Å². The normalized spacial score (nSPS) is 24.4. The van der Waals surface area contributed by atoms with Gasteiger partial charge in [0, 0.05) is 24.7 Å². The van der Waals surface area contributed by atoms with Gasteiger partial charge in [-0.15, -0.1) is 0 Å². The largest absolute Gasteiger partial charge is 0.494 e. The first-order valence-corrected chi connectivity index (χ1v) is 9.44. The summed E-state index contributed by atoms with van der Waals surface area (Å²) in [6.45, 7) is 6.30. The molecule has 1 amide bonds. The number of nitrogens with zero attached hydrogens (tertiary/aromatic N) is 1. The third-order valence-electron chi connectivity index (χ3n) is 5.57. The van der Waals surface area contributed by atoms with Gasteiger partial charge in [-0.1, -0.05) is 6.07 Å². The van der Waals surface area contributed by atoms with E-state index in [4.69, 9.17) is 14.2 Å². The number of amides is 1. The molecule has 1 atom stereocenters. The molecule has 3 aliphatic rings. The summed E-state index contributed by atoms with van der Waals surface area (Å²) in [5.74, 6) is 1.99. The molecule has 1 saturated carbocycles. The van der Waals surface area contributed by atoms with Gasteiger partial charge in [0.15, 0.2) is 0 Å². The van der Waals surface area contributed by atoms with Crippen molar-refractivity contribution in [2.24, 2.45) is 11.8 Å². The van der Waals surface area contributed by atoms with Crippen LogP contribution in [0.2, 0.25) is 0 Å². The molecule has 5 nitrogen and oxygen atoms in total. The highest BCUT2D eigenvalue weighted by atomic mass is 16.5. The quantitative estimate of drug-likeness (QED) is 0.762. The van der Waals surface area contributed by atoms with Crippen LogP contribution in [0, 0.1) is 11.8 Å². The van der Waals surface area contributed by atoms with E-state index in [0.717, 1.165) is 37.9 Å². The standard InChI is InChI=1S/C20H27NO4/c1-2-24-18-5-3-4-16(10-18)19(22)21-13-20(14-21)17(8-9-25-20)12-23-11-15-6-7-15/h3-5,10,15,17H,2,6-9,11-14H2,1H3. The van der Waals surface area contributed by atoms with Crippen LogP contribution in [-0.4, -0.2) is 55.9 Å². The number of likely N-dealkylation sites (tertiary alicyclic amines) is 1.